The van der Waals surface area contributed by atoms with Crippen molar-refractivity contribution in [3.05, 3.63) is 23.8 Å². The largest absolute Gasteiger partial charge is 0.495 e. The van der Waals surface area contributed by atoms with Crippen molar-refractivity contribution in [3.8, 4) is 5.75 Å². The van der Waals surface area contributed by atoms with Crippen molar-refractivity contribution in [3.63, 3.8) is 0 Å². The molecule has 3 heteroatoms. The van der Waals surface area contributed by atoms with Crippen LogP contribution in [0.5, 0.6) is 5.75 Å². The lowest BCUT2D eigenvalue weighted by atomic mass is 10.1. The molecule has 3 rings (SSSR count). The van der Waals surface area contributed by atoms with E-state index in [-0.39, 0.29) is 0 Å². The molecule has 1 aromatic carbocycles. The third-order valence-corrected chi connectivity index (χ3v) is 3.93. The molecule has 0 amide bonds. The number of methoxy groups -OCH3 is 1. The number of rotatable bonds is 6. The van der Waals surface area contributed by atoms with Crippen molar-refractivity contribution in [2.24, 2.45) is 5.92 Å². The van der Waals surface area contributed by atoms with Crippen LogP contribution in [-0.4, -0.2) is 24.6 Å². The smallest absolute Gasteiger partial charge is 0.141 e. The zero-order chi connectivity index (χ0) is 12.5. The molecule has 0 aliphatic heterocycles. The Balaban J connectivity index is 1.67. The number of nitrogens with two attached hydrogens (primary N) is 1. The van der Waals surface area contributed by atoms with Gasteiger partial charge in [-0.1, -0.05) is 6.07 Å². The van der Waals surface area contributed by atoms with Crippen LogP contribution in [0.2, 0.25) is 0 Å². The molecule has 2 aliphatic carbocycles. The quantitative estimate of drug-likeness (QED) is 0.784. The van der Waals surface area contributed by atoms with E-state index in [1.165, 1.54) is 37.8 Å². The molecule has 3 nitrogen and oxygen atoms in total. The lowest BCUT2D eigenvalue weighted by Gasteiger charge is -2.22. The number of anilines is 1. The van der Waals surface area contributed by atoms with Crippen LogP contribution in [0.25, 0.3) is 0 Å². The molecule has 0 aromatic heterocycles. The van der Waals surface area contributed by atoms with Crippen molar-refractivity contribution in [1.82, 2.24) is 4.90 Å². The molecule has 0 spiro atoms. The van der Waals surface area contributed by atoms with Crippen LogP contribution in [0.1, 0.15) is 31.2 Å². The van der Waals surface area contributed by atoms with Gasteiger partial charge in [-0.05, 0) is 49.3 Å². The number of nitrogens with zero attached hydrogens (tertiary/aromatic N) is 1. The van der Waals surface area contributed by atoms with Gasteiger partial charge in [-0.25, -0.2) is 0 Å². The monoisotopic (exact) mass is 246 g/mol. The van der Waals surface area contributed by atoms with Crippen molar-refractivity contribution >= 4 is 5.69 Å². The summed E-state index contributed by atoms with van der Waals surface area (Å²) in [6.45, 7) is 2.31. The highest BCUT2D eigenvalue weighted by molar-refractivity contribution is 5.54. The van der Waals surface area contributed by atoms with Gasteiger partial charge in [0.25, 0.3) is 0 Å². The molecule has 2 N–H and O–H groups in total. The average Bonchev–Trinajstić information content (AvgIpc) is 3.22. The Morgan fingerprint density at radius 3 is 2.61 bits per heavy atom. The van der Waals surface area contributed by atoms with E-state index in [0.29, 0.717) is 0 Å². The van der Waals surface area contributed by atoms with Crippen molar-refractivity contribution in [2.75, 3.05) is 19.4 Å². The molecule has 0 heterocycles. The van der Waals surface area contributed by atoms with E-state index in [2.05, 4.69) is 17.0 Å². The molecular formula is C15H22N2O. The van der Waals surface area contributed by atoms with E-state index in [1.54, 1.807) is 7.11 Å². The highest BCUT2D eigenvalue weighted by Gasteiger charge is 2.33. The van der Waals surface area contributed by atoms with E-state index >= 15 is 0 Å². The van der Waals surface area contributed by atoms with Gasteiger partial charge in [-0.2, -0.15) is 0 Å². The summed E-state index contributed by atoms with van der Waals surface area (Å²) in [5.41, 5.74) is 8.02. The summed E-state index contributed by atoms with van der Waals surface area (Å²) in [4.78, 5) is 2.64. The van der Waals surface area contributed by atoms with Gasteiger partial charge in [0.1, 0.15) is 5.75 Å². The van der Waals surface area contributed by atoms with Gasteiger partial charge in [0.05, 0.1) is 12.8 Å². The summed E-state index contributed by atoms with van der Waals surface area (Å²) in [5.74, 6) is 1.74. The zero-order valence-electron chi connectivity index (χ0n) is 11.1. The number of ether oxygens (including phenoxy) is 1. The number of hydrogen-bond donors (Lipinski definition) is 1. The second kappa shape index (κ2) is 4.81. The average molecular weight is 246 g/mol. The summed E-state index contributed by atoms with van der Waals surface area (Å²) in [6, 6.07) is 7.00. The molecule has 0 bridgehead atoms. The van der Waals surface area contributed by atoms with Crippen molar-refractivity contribution < 1.29 is 4.74 Å². The fraction of sp³-hybridized carbons (Fsp3) is 0.600. The molecular weight excluding hydrogens is 224 g/mol. The van der Waals surface area contributed by atoms with Crippen LogP contribution in [0.4, 0.5) is 5.69 Å². The highest BCUT2D eigenvalue weighted by atomic mass is 16.5. The lowest BCUT2D eigenvalue weighted by Crippen LogP contribution is -2.27. The maximum atomic E-state index is 5.97. The predicted octanol–water partition coefficient (Wildman–Crippen LogP) is 2.65. The van der Waals surface area contributed by atoms with Crippen LogP contribution in [0.15, 0.2) is 18.2 Å². The summed E-state index contributed by atoms with van der Waals surface area (Å²) in [7, 11) is 1.66. The molecule has 2 aliphatic rings. The van der Waals surface area contributed by atoms with Crippen LogP contribution in [-0.2, 0) is 6.54 Å². The third-order valence-electron chi connectivity index (χ3n) is 3.93. The van der Waals surface area contributed by atoms with Gasteiger partial charge in [-0.3, -0.25) is 4.90 Å². The standard InChI is InChI=1S/C15H22N2O/c1-18-15-7-4-12(8-14(15)16)10-17(13-5-6-13)9-11-2-3-11/h4,7-8,11,13H,2-3,5-6,9-10,16H2,1H3. The minimum atomic E-state index is 0.747. The van der Waals surface area contributed by atoms with Crippen LogP contribution in [0.3, 0.4) is 0 Å². The SMILES string of the molecule is COc1ccc(CN(CC2CC2)C2CC2)cc1N. The lowest BCUT2D eigenvalue weighted by molar-refractivity contribution is 0.244. The molecule has 0 saturated heterocycles. The van der Waals surface area contributed by atoms with E-state index in [0.717, 1.165) is 29.9 Å². The Morgan fingerprint density at radius 2 is 2.06 bits per heavy atom. The normalized spacial score (nSPS) is 19.2. The minimum Gasteiger partial charge on any atom is -0.495 e. The molecule has 2 saturated carbocycles. The molecule has 98 valence electrons. The van der Waals surface area contributed by atoms with Gasteiger partial charge in [0.2, 0.25) is 0 Å². The topological polar surface area (TPSA) is 38.5 Å². The maximum absolute atomic E-state index is 5.97. The predicted molar refractivity (Wildman–Crippen MR) is 73.6 cm³/mol. The first kappa shape index (κ1) is 11.8. The summed E-state index contributed by atoms with van der Waals surface area (Å²) < 4.78 is 5.20. The van der Waals surface area contributed by atoms with Gasteiger partial charge in [0, 0.05) is 19.1 Å². The Kier molecular flexibility index (Phi) is 3.16. The molecule has 0 radical (unpaired) electrons. The number of benzene rings is 1. The number of nitrogen functional groups attached to an aromatic ring is 1. The van der Waals surface area contributed by atoms with Gasteiger partial charge in [0.15, 0.2) is 0 Å². The number of hydrogen-bond acceptors (Lipinski definition) is 3. The van der Waals surface area contributed by atoms with Crippen LogP contribution < -0.4 is 10.5 Å². The first-order chi connectivity index (χ1) is 8.76. The Labute approximate surface area is 109 Å². The van der Waals surface area contributed by atoms with Gasteiger partial charge in [-0.15, -0.1) is 0 Å². The van der Waals surface area contributed by atoms with E-state index in [1.807, 2.05) is 6.07 Å². The van der Waals surface area contributed by atoms with Gasteiger partial charge < -0.3 is 10.5 Å². The minimum absolute atomic E-state index is 0.747. The van der Waals surface area contributed by atoms with Gasteiger partial charge >= 0.3 is 0 Å². The Hall–Kier alpha value is -1.22. The second-order valence-corrected chi connectivity index (χ2v) is 5.68. The third kappa shape index (κ3) is 2.78. The first-order valence-electron chi connectivity index (χ1n) is 6.92. The van der Waals surface area contributed by atoms with E-state index < -0.39 is 0 Å². The molecule has 1 aromatic rings. The first-order valence-corrected chi connectivity index (χ1v) is 6.92. The van der Waals surface area contributed by atoms with Crippen molar-refractivity contribution in [1.29, 1.82) is 0 Å². The maximum Gasteiger partial charge on any atom is 0.141 e. The van der Waals surface area contributed by atoms with E-state index in [4.69, 9.17) is 10.5 Å². The highest BCUT2D eigenvalue weighted by Crippen LogP contribution is 2.36. The Bertz CT molecular complexity index is 425. The summed E-state index contributed by atoms with van der Waals surface area (Å²) in [5, 5.41) is 0. The second-order valence-electron chi connectivity index (χ2n) is 5.68. The molecule has 18 heavy (non-hydrogen) atoms. The molecule has 0 unspecified atom stereocenters. The fourth-order valence-electron chi connectivity index (χ4n) is 2.53. The van der Waals surface area contributed by atoms with E-state index in [9.17, 15) is 0 Å². The van der Waals surface area contributed by atoms with Crippen LogP contribution in [0, 0.1) is 5.92 Å². The zero-order valence-corrected chi connectivity index (χ0v) is 11.1. The van der Waals surface area contributed by atoms with Crippen molar-refractivity contribution in [2.45, 2.75) is 38.3 Å². The molecule has 2 fully saturated rings. The Morgan fingerprint density at radius 1 is 1.28 bits per heavy atom. The summed E-state index contributed by atoms with van der Waals surface area (Å²) >= 11 is 0. The molecule has 0 atom stereocenters. The van der Waals surface area contributed by atoms with Crippen LogP contribution >= 0.6 is 0 Å². The fourth-order valence-corrected chi connectivity index (χ4v) is 2.53. The summed E-state index contributed by atoms with van der Waals surface area (Å²) in [6.07, 6.45) is 5.60.